The highest BCUT2D eigenvalue weighted by Crippen LogP contribution is 1.93. The molecule has 3 heteroatoms. The van der Waals surface area contributed by atoms with Gasteiger partial charge in [0.25, 0.3) is 0 Å². The van der Waals surface area contributed by atoms with Gasteiger partial charge in [0.15, 0.2) is 0 Å². The molecule has 0 bridgehead atoms. The summed E-state index contributed by atoms with van der Waals surface area (Å²) in [5.41, 5.74) is 5.45. The molecule has 1 unspecified atom stereocenters. The third-order valence-corrected chi connectivity index (χ3v) is 1.70. The first-order valence-corrected chi connectivity index (χ1v) is 4.59. The van der Waals surface area contributed by atoms with E-state index in [0.717, 1.165) is 26.2 Å². The zero-order valence-corrected chi connectivity index (χ0v) is 8.55. The maximum atomic E-state index is 5.45. The van der Waals surface area contributed by atoms with Crippen molar-refractivity contribution < 1.29 is 4.74 Å². The second kappa shape index (κ2) is 7.53. The third kappa shape index (κ3) is 7.98. The highest BCUT2D eigenvalue weighted by atomic mass is 16.5. The molecule has 0 saturated carbocycles. The van der Waals surface area contributed by atoms with Crippen LogP contribution in [0.1, 0.15) is 13.3 Å². The van der Waals surface area contributed by atoms with Crippen molar-refractivity contribution in [3.63, 3.8) is 0 Å². The highest BCUT2D eigenvalue weighted by molar-refractivity contribution is 4.50. The summed E-state index contributed by atoms with van der Waals surface area (Å²) in [6.07, 6.45) is 1.10. The number of ether oxygens (including phenoxy) is 1. The largest absolute Gasteiger partial charge is 0.381 e. The number of nitrogens with two attached hydrogens (primary N) is 1. The minimum atomic E-state index is 0.490. The molecule has 1 atom stereocenters. The first-order chi connectivity index (χ1) is 5.66. The van der Waals surface area contributed by atoms with Crippen molar-refractivity contribution in [2.45, 2.75) is 13.3 Å². The summed E-state index contributed by atoms with van der Waals surface area (Å²) in [5, 5.41) is 0. The van der Waals surface area contributed by atoms with Gasteiger partial charge in [-0.2, -0.15) is 0 Å². The summed E-state index contributed by atoms with van der Waals surface area (Å²) in [6, 6.07) is 0. The lowest BCUT2D eigenvalue weighted by Gasteiger charge is -2.11. The molecule has 2 N–H and O–H groups in total. The summed E-state index contributed by atoms with van der Waals surface area (Å²) < 4.78 is 5.43. The normalized spacial score (nSPS) is 13.8. The van der Waals surface area contributed by atoms with Crippen LogP contribution >= 0.6 is 0 Å². The molecular formula is C9H22N2O. The van der Waals surface area contributed by atoms with Gasteiger partial charge in [-0.1, -0.05) is 6.92 Å². The van der Waals surface area contributed by atoms with Crippen LogP contribution in [0, 0.1) is 5.92 Å². The van der Waals surface area contributed by atoms with Crippen molar-refractivity contribution in [2.24, 2.45) is 11.7 Å². The van der Waals surface area contributed by atoms with Crippen LogP contribution in [-0.2, 0) is 4.74 Å². The molecule has 0 fully saturated rings. The molecule has 0 aromatic rings. The van der Waals surface area contributed by atoms with Crippen LogP contribution in [0.3, 0.4) is 0 Å². The van der Waals surface area contributed by atoms with Crippen LogP contribution in [-0.4, -0.2) is 45.3 Å². The molecule has 0 rings (SSSR count). The Balaban J connectivity index is 3.00. The van der Waals surface area contributed by atoms with Crippen molar-refractivity contribution in [3.8, 4) is 0 Å². The number of nitrogens with zero attached hydrogens (tertiary/aromatic N) is 1. The molecule has 74 valence electrons. The van der Waals surface area contributed by atoms with Crippen LogP contribution in [0.15, 0.2) is 0 Å². The second-order valence-corrected chi connectivity index (χ2v) is 3.57. The summed E-state index contributed by atoms with van der Waals surface area (Å²) in [6.45, 7) is 5.56. The quantitative estimate of drug-likeness (QED) is 0.573. The summed E-state index contributed by atoms with van der Waals surface area (Å²) in [7, 11) is 4.14. The van der Waals surface area contributed by atoms with Crippen LogP contribution in [0.2, 0.25) is 0 Å². The summed E-state index contributed by atoms with van der Waals surface area (Å²) in [4.78, 5) is 2.16. The standard InChI is InChI=1S/C9H22N2O/c1-9(7-10)8-12-6-4-5-11(2)3/h9H,4-8,10H2,1-3H3. The number of rotatable bonds is 7. The van der Waals surface area contributed by atoms with Crippen molar-refractivity contribution in [3.05, 3.63) is 0 Å². The van der Waals surface area contributed by atoms with E-state index in [1.54, 1.807) is 0 Å². The van der Waals surface area contributed by atoms with Crippen molar-refractivity contribution >= 4 is 0 Å². The Kier molecular flexibility index (Phi) is 7.45. The van der Waals surface area contributed by atoms with E-state index in [2.05, 4.69) is 25.9 Å². The first kappa shape index (κ1) is 11.9. The Morgan fingerprint density at radius 1 is 1.42 bits per heavy atom. The third-order valence-electron chi connectivity index (χ3n) is 1.70. The Labute approximate surface area is 75.9 Å². The molecular weight excluding hydrogens is 152 g/mol. The molecule has 0 aromatic carbocycles. The fourth-order valence-corrected chi connectivity index (χ4v) is 0.835. The molecule has 0 heterocycles. The zero-order chi connectivity index (χ0) is 9.40. The molecule has 3 nitrogen and oxygen atoms in total. The predicted molar refractivity (Wildman–Crippen MR) is 52.2 cm³/mol. The Morgan fingerprint density at radius 3 is 2.58 bits per heavy atom. The Bertz CT molecular complexity index is 96.5. The molecule has 0 aromatic heterocycles. The minimum Gasteiger partial charge on any atom is -0.381 e. The van der Waals surface area contributed by atoms with E-state index in [0.29, 0.717) is 12.5 Å². The van der Waals surface area contributed by atoms with Crippen molar-refractivity contribution in [1.82, 2.24) is 4.90 Å². The van der Waals surface area contributed by atoms with Gasteiger partial charge >= 0.3 is 0 Å². The summed E-state index contributed by atoms with van der Waals surface area (Å²) in [5.74, 6) is 0.490. The topological polar surface area (TPSA) is 38.5 Å². The van der Waals surface area contributed by atoms with Crippen LogP contribution in [0.25, 0.3) is 0 Å². The van der Waals surface area contributed by atoms with Gasteiger partial charge in [-0.15, -0.1) is 0 Å². The maximum Gasteiger partial charge on any atom is 0.0503 e. The van der Waals surface area contributed by atoms with Crippen LogP contribution in [0.4, 0.5) is 0 Å². The predicted octanol–water partition coefficient (Wildman–Crippen LogP) is 0.550. The van der Waals surface area contributed by atoms with Gasteiger partial charge in [-0.3, -0.25) is 0 Å². The van der Waals surface area contributed by atoms with E-state index in [1.807, 2.05) is 0 Å². The molecule has 0 radical (unpaired) electrons. The van der Waals surface area contributed by atoms with E-state index >= 15 is 0 Å². The lowest BCUT2D eigenvalue weighted by atomic mass is 10.2. The van der Waals surface area contributed by atoms with Gasteiger partial charge in [0.05, 0.1) is 6.61 Å². The molecule has 0 aliphatic rings. The summed E-state index contributed by atoms with van der Waals surface area (Å²) >= 11 is 0. The molecule has 0 saturated heterocycles. The lowest BCUT2D eigenvalue weighted by Crippen LogP contribution is -2.19. The van der Waals surface area contributed by atoms with E-state index in [1.165, 1.54) is 0 Å². The number of hydrogen-bond acceptors (Lipinski definition) is 3. The van der Waals surface area contributed by atoms with Gasteiger partial charge in [-0.05, 0) is 39.5 Å². The molecule has 0 spiro atoms. The lowest BCUT2D eigenvalue weighted by molar-refractivity contribution is 0.101. The zero-order valence-electron chi connectivity index (χ0n) is 8.55. The van der Waals surface area contributed by atoms with Crippen molar-refractivity contribution in [1.29, 1.82) is 0 Å². The van der Waals surface area contributed by atoms with Gasteiger partial charge in [-0.25, -0.2) is 0 Å². The Morgan fingerprint density at radius 2 is 2.08 bits per heavy atom. The van der Waals surface area contributed by atoms with Gasteiger partial charge in [0.1, 0.15) is 0 Å². The fourth-order valence-electron chi connectivity index (χ4n) is 0.835. The van der Waals surface area contributed by atoms with Crippen molar-refractivity contribution in [2.75, 3.05) is 40.4 Å². The first-order valence-electron chi connectivity index (χ1n) is 4.59. The monoisotopic (exact) mass is 174 g/mol. The average molecular weight is 174 g/mol. The van der Waals surface area contributed by atoms with Crippen LogP contribution in [0.5, 0.6) is 0 Å². The van der Waals surface area contributed by atoms with Gasteiger partial charge in [0.2, 0.25) is 0 Å². The highest BCUT2D eigenvalue weighted by Gasteiger charge is 1.98. The minimum absolute atomic E-state index is 0.490. The van der Waals surface area contributed by atoms with E-state index < -0.39 is 0 Å². The second-order valence-electron chi connectivity index (χ2n) is 3.57. The SMILES string of the molecule is CC(CN)COCCCN(C)C. The maximum absolute atomic E-state index is 5.45. The average Bonchev–Trinajstić information content (AvgIpc) is 2.03. The molecule has 0 amide bonds. The fraction of sp³-hybridized carbons (Fsp3) is 1.00. The molecule has 0 aliphatic heterocycles. The Hall–Kier alpha value is -0.120. The van der Waals surface area contributed by atoms with E-state index in [9.17, 15) is 0 Å². The van der Waals surface area contributed by atoms with Gasteiger partial charge < -0.3 is 15.4 Å². The molecule has 12 heavy (non-hydrogen) atoms. The van der Waals surface area contributed by atoms with Crippen LogP contribution < -0.4 is 5.73 Å². The van der Waals surface area contributed by atoms with Gasteiger partial charge in [0, 0.05) is 6.61 Å². The van der Waals surface area contributed by atoms with E-state index in [-0.39, 0.29) is 0 Å². The smallest absolute Gasteiger partial charge is 0.0503 e. The van der Waals surface area contributed by atoms with E-state index in [4.69, 9.17) is 10.5 Å². The number of hydrogen-bond donors (Lipinski definition) is 1. The molecule has 0 aliphatic carbocycles.